The smallest absolute Gasteiger partial charge is 0.322 e. The van der Waals surface area contributed by atoms with Gasteiger partial charge >= 0.3 is 5.97 Å². The van der Waals surface area contributed by atoms with E-state index in [-0.39, 0.29) is 25.2 Å². The maximum Gasteiger partial charge on any atom is 0.322 e. The molecule has 8 nitrogen and oxygen atoms in total. The Balaban J connectivity index is 2.02. The first-order valence-electron chi connectivity index (χ1n) is 9.24. The van der Waals surface area contributed by atoms with Crippen LogP contribution in [0.4, 0.5) is 0 Å². The second-order valence-corrected chi connectivity index (χ2v) is 8.06. The molecule has 0 fully saturated rings. The summed E-state index contributed by atoms with van der Waals surface area (Å²) >= 11 is 0. The molecule has 2 heterocycles. The summed E-state index contributed by atoms with van der Waals surface area (Å²) in [5.41, 5.74) is 1.74. The zero-order valence-corrected chi connectivity index (χ0v) is 16.6. The molecule has 1 aliphatic rings. The molecule has 0 saturated heterocycles. The highest BCUT2D eigenvalue weighted by molar-refractivity contribution is 5.98. The summed E-state index contributed by atoms with van der Waals surface area (Å²) in [5, 5.41) is 21.3. The Morgan fingerprint density at radius 1 is 1.17 bits per heavy atom. The number of nitrogens with one attached hydrogen (secondary N) is 1. The number of carboxylic acid groups (broad SMARTS) is 1. The molecule has 0 spiro atoms. The number of nitrogens with zero attached hydrogens (tertiary/aromatic N) is 1. The lowest BCUT2D eigenvalue weighted by Crippen LogP contribution is -2.37. The monoisotopic (exact) mass is 400 g/mol. The Labute approximate surface area is 167 Å². The number of pyridine rings is 1. The van der Waals surface area contributed by atoms with Gasteiger partial charge in [0.2, 0.25) is 0 Å². The molecule has 0 aliphatic carbocycles. The summed E-state index contributed by atoms with van der Waals surface area (Å²) in [4.78, 5) is 36.1. The van der Waals surface area contributed by atoms with Crippen LogP contribution in [0.15, 0.2) is 29.1 Å². The number of aliphatic carboxylic acids is 1. The minimum Gasteiger partial charge on any atom is -0.506 e. The van der Waals surface area contributed by atoms with Crippen molar-refractivity contribution in [2.75, 3.05) is 6.54 Å². The third-order valence-electron chi connectivity index (χ3n) is 4.93. The number of aromatic nitrogens is 1. The highest BCUT2D eigenvalue weighted by Crippen LogP contribution is 2.30. The largest absolute Gasteiger partial charge is 0.506 e. The molecule has 29 heavy (non-hydrogen) atoms. The summed E-state index contributed by atoms with van der Waals surface area (Å²) in [7, 11) is 0. The van der Waals surface area contributed by atoms with E-state index >= 15 is 0 Å². The summed E-state index contributed by atoms with van der Waals surface area (Å²) in [5.74, 6) is -2.63. The Bertz CT molecular complexity index is 1020. The average Bonchev–Trinajstić information content (AvgIpc) is 3.13. The number of ether oxygens (including phenoxy) is 1. The topological polar surface area (TPSA) is 118 Å². The van der Waals surface area contributed by atoms with E-state index in [1.165, 1.54) is 4.57 Å². The fourth-order valence-electron chi connectivity index (χ4n) is 3.28. The first-order chi connectivity index (χ1) is 13.6. The van der Waals surface area contributed by atoms with Crippen LogP contribution in [0.2, 0.25) is 0 Å². The molecule has 1 aliphatic heterocycles. The zero-order valence-electron chi connectivity index (χ0n) is 16.6. The van der Waals surface area contributed by atoms with Crippen LogP contribution in [0.3, 0.4) is 0 Å². The van der Waals surface area contributed by atoms with Gasteiger partial charge in [0.1, 0.15) is 17.9 Å². The molecule has 1 amide bonds. The van der Waals surface area contributed by atoms with Gasteiger partial charge in [0.15, 0.2) is 0 Å². The third kappa shape index (κ3) is 4.17. The van der Waals surface area contributed by atoms with Gasteiger partial charge in [-0.15, -0.1) is 0 Å². The number of fused-ring (bicyclic) bond motifs is 1. The number of aromatic hydroxyl groups is 1. The van der Waals surface area contributed by atoms with E-state index in [0.717, 1.165) is 11.1 Å². The van der Waals surface area contributed by atoms with Gasteiger partial charge in [-0.05, 0) is 16.5 Å². The SMILES string of the molecule is CC(C)(C)c1ccc(Cn2c3c(c(O)c(C(=O)NCC(=O)O)c2=O)COC3)cc1. The van der Waals surface area contributed by atoms with Gasteiger partial charge in [-0.1, -0.05) is 45.0 Å². The van der Waals surface area contributed by atoms with Crippen molar-refractivity contribution in [3.8, 4) is 5.75 Å². The number of amides is 1. The number of rotatable bonds is 5. The molecular weight excluding hydrogens is 376 g/mol. The fourth-order valence-corrected chi connectivity index (χ4v) is 3.28. The highest BCUT2D eigenvalue weighted by Gasteiger charge is 2.29. The predicted octanol–water partition coefficient (Wildman–Crippen LogP) is 1.74. The second kappa shape index (κ2) is 7.71. The molecule has 2 aromatic rings. The number of hydrogen-bond acceptors (Lipinski definition) is 5. The highest BCUT2D eigenvalue weighted by atomic mass is 16.5. The van der Waals surface area contributed by atoms with Crippen LogP contribution in [0.5, 0.6) is 5.75 Å². The van der Waals surface area contributed by atoms with Crippen molar-refractivity contribution in [3.05, 3.63) is 62.6 Å². The zero-order chi connectivity index (χ0) is 21.3. The van der Waals surface area contributed by atoms with Crippen LogP contribution < -0.4 is 10.9 Å². The number of carbonyl (C=O) groups is 2. The van der Waals surface area contributed by atoms with Crippen molar-refractivity contribution in [2.45, 2.75) is 45.9 Å². The van der Waals surface area contributed by atoms with E-state index in [1.54, 1.807) is 0 Å². The van der Waals surface area contributed by atoms with Gasteiger partial charge in [-0.25, -0.2) is 0 Å². The third-order valence-corrected chi connectivity index (χ3v) is 4.93. The summed E-state index contributed by atoms with van der Waals surface area (Å²) < 4.78 is 6.79. The quantitative estimate of drug-likeness (QED) is 0.704. The standard InChI is InChI=1S/C21H24N2O6/c1-21(2,3)13-6-4-12(5-7-13)9-23-15-11-29-10-14(15)18(26)17(20(23)28)19(27)22-8-16(24)25/h4-7,26H,8-11H2,1-3H3,(H,22,27)(H,24,25). The van der Waals surface area contributed by atoms with E-state index in [0.29, 0.717) is 11.3 Å². The molecule has 0 atom stereocenters. The molecule has 0 bridgehead atoms. The van der Waals surface area contributed by atoms with Crippen LogP contribution in [-0.4, -0.2) is 33.2 Å². The van der Waals surface area contributed by atoms with Crippen LogP contribution in [0, 0.1) is 0 Å². The van der Waals surface area contributed by atoms with E-state index in [1.807, 2.05) is 24.3 Å². The summed E-state index contributed by atoms with van der Waals surface area (Å²) in [6.07, 6.45) is 0. The molecule has 3 rings (SSSR count). The van der Waals surface area contributed by atoms with Gasteiger partial charge in [0.05, 0.1) is 25.5 Å². The Hall–Kier alpha value is -3.13. The predicted molar refractivity (Wildman–Crippen MR) is 105 cm³/mol. The van der Waals surface area contributed by atoms with E-state index in [9.17, 15) is 19.5 Å². The molecule has 3 N–H and O–H groups in total. The molecule has 0 saturated carbocycles. The van der Waals surface area contributed by atoms with Crippen molar-refractivity contribution < 1.29 is 24.5 Å². The molecule has 1 aromatic heterocycles. The minimum absolute atomic E-state index is 0.00160. The van der Waals surface area contributed by atoms with Crippen molar-refractivity contribution in [1.29, 1.82) is 0 Å². The van der Waals surface area contributed by atoms with Crippen molar-refractivity contribution in [2.24, 2.45) is 0 Å². The first-order valence-corrected chi connectivity index (χ1v) is 9.24. The normalized spacial score (nSPS) is 13.2. The summed E-state index contributed by atoms with van der Waals surface area (Å²) in [6.45, 7) is 6.10. The van der Waals surface area contributed by atoms with Crippen molar-refractivity contribution in [3.63, 3.8) is 0 Å². The Morgan fingerprint density at radius 2 is 1.83 bits per heavy atom. The molecule has 0 unspecified atom stereocenters. The lowest BCUT2D eigenvalue weighted by Gasteiger charge is -2.20. The van der Waals surface area contributed by atoms with Gasteiger partial charge in [-0.3, -0.25) is 14.4 Å². The van der Waals surface area contributed by atoms with E-state index < -0.39 is 35.3 Å². The molecular formula is C21H24N2O6. The van der Waals surface area contributed by atoms with Crippen molar-refractivity contribution in [1.82, 2.24) is 9.88 Å². The average molecular weight is 400 g/mol. The van der Waals surface area contributed by atoms with Gasteiger partial charge in [0, 0.05) is 5.56 Å². The number of hydrogen-bond donors (Lipinski definition) is 3. The van der Waals surface area contributed by atoms with Crippen LogP contribution >= 0.6 is 0 Å². The van der Waals surface area contributed by atoms with Crippen LogP contribution in [0.25, 0.3) is 0 Å². The van der Waals surface area contributed by atoms with Crippen molar-refractivity contribution >= 4 is 11.9 Å². The van der Waals surface area contributed by atoms with Crippen LogP contribution in [-0.2, 0) is 34.7 Å². The maximum atomic E-state index is 13.0. The minimum atomic E-state index is -1.25. The van der Waals surface area contributed by atoms with E-state index in [2.05, 4.69) is 26.1 Å². The van der Waals surface area contributed by atoms with Gasteiger partial charge < -0.3 is 24.8 Å². The number of benzene rings is 1. The van der Waals surface area contributed by atoms with Gasteiger partial charge in [-0.2, -0.15) is 0 Å². The second-order valence-electron chi connectivity index (χ2n) is 8.06. The van der Waals surface area contributed by atoms with E-state index in [4.69, 9.17) is 9.84 Å². The lowest BCUT2D eigenvalue weighted by molar-refractivity contribution is -0.135. The maximum absolute atomic E-state index is 13.0. The Morgan fingerprint density at radius 3 is 2.41 bits per heavy atom. The molecule has 0 radical (unpaired) electrons. The number of carboxylic acids is 1. The first kappa shape index (κ1) is 20.6. The molecule has 154 valence electrons. The Kier molecular flexibility index (Phi) is 5.48. The molecule has 8 heteroatoms. The molecule has 1 aromatic carbocycles. The van der Waals surface area contributed by atoms with Crippen LogP contribution in [0.1, 0.15) is 53.5 Å². The number of carbonyl (C=O) groups excluding carboxylic acids is 1. The van der Waals surface area contributed by atoms with Gasteiger partial charge in [0.25, 0.3) is 11.5 Å². The summed E-state index contributed by atoms with van der Waals surface area (Å²) in [6, 6.07) is 7.84. The lowest BCUT2D eigenvalue weighted by atomic mass is 9.87. The fraction of sp³-hybridized carbons (Fsp3) is 0.381.